The minimum Gasteiger partial charge on any atom is -0.366 e. The third-order valence-corrected chi connectivity index (χ3v) is 3.41. The summed E-state index contributed by atoms with van der Waals surface area (Å²) < 4.78 is 2.87. The van der Waals surface area contributed by atoms with Crippen molar-refractivity contribution < 1.29 is 4.79 Å². The highest BCUT2D eigenvalue weighted by Crippen LogP contribution is 2.25. The van der Waals surface area contributed by atoms with Gasteiger partial charge in [-0.05, 0) is 18.2 Å². The molecule has 90 valence electrons. The largest absolute Gasteiger partial charge is 0.366 e. The van der Waals surface area contributed by atoms with E-state index >= 15 is 0 Å². The lowest BCUT2D eigenvalue weighted by molar-refractivity contribution is 0.100. The van der Waals surface area contributed by atoms with Gasteiger partial charge in [0.05, 0.1) is 10.2 Å². The molecule has 3 rings (SSSR count). The van der Waals surface area contributed by atoms with Crippen LogP contribution in [0.5, 0.6) is 0 Å². The third-order valence-electron chi connectivity index (χ3n) is 2.40. The van der Waals surface area contributed by atoms with E-state index in [4.69, 9.17) is 13.6 Å². The Labute approximate surface area is 110 Å². The molecule has 0 unspecified atom stereocenters. The second-order valence-electron chi connectivity index (χ2n) is 3.47. The second kappa shape index (κ2) is 4.82. The minimum absolute atomic E-state index is 0.424. The average Bonchev–Trinajstić information content (AvgIpc) is 2.86. The number of rotatable bonds is 1. The number of benzene rings is 1. The zero-order valence-electron chi connectivity index (χ0n) is 10.2. The summed E-state index contributed by atoms with van der Waals surface area (Å²) in [6.45, 7) is 4.00. The van der Waals surface area contributed by atoms with Gasteiger partial charge in [0.1, 0.15) is 7.85 Å². The molecule has 0 atom stereocenters. The molecule has 2 radical (unpaired) electrons. The molecule has 2 heterocycles. The van der Waals surface area contributed by atoms with Gasteiger partial charge in [-0.3, -0.25) is 9.20 Å². The molecule has 0 bridgehead atoms. The molecular weight excluding hydrogens is 245 g/mol. The maximum absolute atomic E-state index is 11.0. The first-order valence-electron chi connectivity index (χ1n) is 5.62. The van der Waals surface area contributed by atoms with E-state index in [1.165, 1.54) is 11.3 Å². The molecule has 4 nitrogen and oxygen atoms in total. The first-order chi connectivity index (χ1) is 8.65. The first-order valence-corrected chi connectivity index (χ1v) is 6.44. The van der Waals surface area contributed by atoms with E-state index in [0.717, 1.165) is 15.2 Å². The highest BCUT2D eigenvalue weighted by Gasteiger charge is 2.08. The van der Waals surface area contributed by atoms with Crippen LogP contribution in [0.1, 0.15) is 24.2 Å². The fraction of sp³-hybridized carbons (Fsp3) is 0.167. The maximum Gasteiger partial charge on any atom is 0.248 e. The summed E-state index contributed by atoms with van der Waals surface area (Å²) in [6, 6.07) is 5.32. The van der Waals surface area contributed by atoms with Crippen LogP contribution < -0.4 is 11.3 Å². The smallest absolute Gasteiger partial charge is 0.248 e. The number of carbonyl (C=O) groups excluding carboxylic acids is 1. The summed E-state index contributed by atoms with van der Waals surface area (Å²) in [5, 5.41) is 0. The van der Waals surface area contributed by atoms with E-state index in [9.17, 15) is 4.79 Å². The predicted octanol–water partition coefficient (Wildman–Crippen LogP) is 1.47. The first kappa shape index (κ1) is 12.6. The van der Waals surface area contributed by atoms with Crippen LogP contribution in [0.25, 0.3) is 15.2 Å². The summed E-state index contributed by atoms with van der Waals surface area (Å²) in [5.74, 6) is -0.424. The number of fused-ring (bicyclic) bond motifs is 3. The molecule has 0 spiro atoms. The number of hydrogen-bond donors (Lipinski definition) is 1. The molecule has 0 aliphatic carbocycles. The van der Waals surface area contributed by atoms with Gasteiger partial charge in [0, 0.05) is 17.4 Å². The van der Waals surface area contributed by atoms with Crippen LogP contribution in [-0.4, -0.2) is 23.1 Å². The van der Waals surface area contributed by atoms with Crippen molar-refractivity contribution in [3.05, 3.63) is 30.0 Å². The minimum atomic E-state index is -0.424. The Hall–Kier alpha value is -1.82. The van der Waals surface area contributed by atoms with Gasteiger partial charge in [0.15, 0.2) is 4.96 Å². The Morgan fingerprint density at radius 1 is 1.44 bits per heavy atom. The van der Waals surface area contributed by atoms with Crippen molar-refractivity contribution >= 4 is 45.9 Å². The van der Waals surface area contributed by atoms with Gasteiger partial charge in [0.2, 0.25) is 5.91 Å². The lowest BCUT2D eigenvalue weighted by Crippen LogP contribution is -2.10. The summed E-state index contributed by atoms with van der Waals surface area (Å²) in [4.78, 5) is 16.0. The monoisotopic (exact) mass is 257 g/mol. The van der Waals surface area contributed by atoms with Gasteiger partial charge in [-0.15, -0.1) is 0 Å². The Morgan fingerprint density at radius 3 is 2.83 bits per heavy atom. The number of carbonyl (C=O) groups is 1. The zero-order valence-corrected chi connectivity index (χ0v) is 11.0. The standard InChI is InChI=1S/C10H6BN3OS.C2H6/c11-8-4-14-6-2-1-5(9(12)15)3-7(6)16-10(14)13-8;1-2/h1-4H,(H2,12,15);1-2H3. The Morgan fingerprint density at radius 2 is 2.17 bits per heavy atom. The molecule has 18 heavy (non-hydrogen) atoms. The van der Waals surface area contributed by atoms with Crippen LogP contribution >= 0.6 is 11.3 Å². The van der Waals surface area contributed by atoms with Gasteiger partial charge < -0.3 is 5.73 Å². The Balaban J connectivity index is 0.000000574. The number of amides is 1. The number of imidazole rings is 1. The summed E-state index contributed by atoms with van der Waals surface area (Å²) in [6.07, 6.45) is 1.76. The topological polar surface area (TPSA) is 60.4 Å². The van der Waals surface area contributed by atoms with E-state index in [-0.39, 0.29) is 0 Å². The van der Waals surface area contributed by atoms with Crippen LogP contribution in [0.2, 0.25) is 0 Å². The molecule has 6 heteroatoms. The third kappa shape index (κ3) is 1.99. The van der Waals surface area contributed by atoms with Gasteiger partial charge in [0.25, 0.3) is 0 Å². The van der Waals surface area contributed by atoms with Gasteiger partial charge >= 0.3 is 0 Å². The maximum atomic E-state index is 11.0. The van der Waals surface area contributed by atoms with Crippen LogP contribution in [-0.2, 0) is 0 Å². The highest BCUT2D eigenvalue weighted by atomic mass is 32.1. The summed E-state index contributed by atoms with van der Waals surface area (Å²) in [7, 11) is 5.60. The lowest BCUT2D eigenvalue weighted by Gasteiger charge is -1.95. The number of hydrogen-bond acceptors (Lipinski definition) is 3. The van der Waals surface area contributed by atoms with Crippen LogP contribution in [0.3, 0.4) is 0 Å². The quantitative estimate of drug-likeness (QED) is 0.671. The van der Waals surface area contributed by atoms with Gasteiger partial charge in [-0.2, -0.15) is 0 Å². The van der Waals surface area contributed by atoms with Crippen LogP contribution in [0.15, 0.2) is 24.4 Å². The molecule has 0 saturated carbocycles. The molecule has 1 amide bonds. The molecule has 0 saturated heterocycles. The van der Waals surface area contributed by atoms with Crippen molar-refractivity contribution in [1.82, 2.24) is 9.38 Å². The molecular formula is C12H12BN3OS. The number of nitrogens with zero attached hydrogens (tertiary/aromatic N) is 2. The molecule has 0 fully saturated rings. The van der Waals surface area contributed by atoms with Gasteiger partial charge in [-0.1, -0.05) is 25.2 Å². The van der Waals surface area contributed by atoms with Crippen molar-refractivity contribution in [2.24, 2.45) is 5.73 Å². The van der Waals surface area contributed by atoms with Crippen LogP contribution in [0.4, 0.5) is 0 Å². The Kier molecular flexibility index (Phi) is 3.38. The number of thiazole rings is 1. The van der Waals surface area contributed by atoms with Crippen molar-refractivity contribution in [1.29, 1.82) is 0 Å². The SMILES string of the molecule is CC.[B]c1cn2c(n1)sc1cc(C(N)=O)ccc12. The number of nitrogens with two attached hydrogens (primary N) is 1. The second-order valence-corrected chi connectivity index (χ2v) is 4.48. The molecule has 3 aromatic rings. The van der Waals surface area contributed by atoms with E-state index in [2.05, 4.69) is 4.98 Å². The molecule has 0 aliphatic heterocycles. The van der Waals surface area contributed by atoms with E-state index in [1.54, 1.807) is 18.3 Å². The Bertz CT molecular complexity index is 717. The average molecular weight is 257 g/mol. The van der Waals surface area contributed by atoms with Gasteiger partial charge in [-0.25, -0.2) is 4.98 Å². The molecule has 2 aromatic heterocycles. The van der Waals surface area contributed by atoms with E-state index < -0.39 is 5.91 Å². The fourth-order valence-corrected chi connectivity index (χ4v) is 2.73. The molecule has 2 N–H and O–H groups in total. The predicted molar refractivity (Wildman–Crippen MR) is 75.8 cm³/mol. The number of primary amides is 1. The van der Waals surface area contributed by atoms with Crippen molar-refractivity contribution in [2.45, 2.75) is 13.8 Å². The van der Waals surface area contributed by atoms with Crippen molar-refractivity contribution in [2.75, 3.05) is 0 Å². The fourth-order valence-electron chi connectivity index (χ4n) is 1.67. The van der Waals surface area contributed by atoms with E-state index in [0.29, 0.717) is 11.2 Å². The van der Waals surface area contributed by atoms with Crippen LogP contribution in [0, 0.1) is 0 Å². The van der Waals surface area contributed by atoms with Crippen molar-refractivity contribution in [3.63, 3.8) is 0 Å². The zero-order chi connectivity index (χ0) is 13.3. The summed E-state index contributed by atoms with van der Waals surface area (Å²) in [5.41, 5.74) is 7.20. The molecule has 0 aliphatic rings. The lowest BCUT2D eigenvalue weighted by atomic mass is 10.1. The van der Waals surface area contributed by atoms with E-state index in [1.807, 2.05) is 24.3 Å². The highest BCUT2D eigenvalue weighted by molar-refractivity contribution is 7.23. The molecule has 1 aromatic carbocycles. The number of aromatic nitrogens is 2. The van der Waals surface area contributed by atoms with Crippen molar-refractivity contribution in [3.8, 4) is 0 Å². The normalized spacial score (nSPS) is 10.3. The summed E-state index contributed by atoms with van der Waals surface area (Å²) >= 11 is 1.48.